The molecule has 2 aromatic carbocycles. The molecule has 8 heteroatoms. The zero-order valence-corrected chi connectivity index (χ0v) is 19.9. The summed E-state index contributed by atoms with van der Waals surface area (Å²) in [6.07, 6.45) is 4.52. The monoisotopic (exact) mass is 457 g/mol. The van der Waals surface area contributed by atoms with Crippen LogP contribution in [-0.2, 0) is 9.53 Å². The summed E-state index contributed by atoms with van der Waals surface area (Å²) in [5.41, 5.74) is 2.88. The summed E-state index contributed by atoms with van der Waals surface area (Å²) in [6.45, 7) is 4.62. The van der Waals surface area contributed by atoms with E-state index in [4.69, 9.17) is 17.6 Å². The first-order valence-corrected chi connectivity index (χ1v) is 11.9. The second kappa shape index (κ2) is 8.58. The number of primary amides is 1. The Morgan fingerprint density at radius 3 is 2.65 bits per heavy atom. The molecule has 2 amide bonds. The molecular formula is C26H30BN4O3+. The number of H-pyrrole nitrogens is 1. The number of carbonyl (C=O) groups excluding carboxylic acids is 2. The third-order valence-electron chi connectivity index (χ3n) is 7.36. The molecule has 2 unspecified atom stereocenters. The highest BCUT2D eigenvalue weighted by Gasteiger charge is 2.55. The molecule has 2 atom stereocenters. The molecule has 2 radical (unpaired) electrons. The van der Waals surface area contributed by atoms with Crippen molar-refractivity contribution >= 4 is 36.1 Å². The Balaban J connectivity index is 1.43. The van der Waals surface area contributed by atoms with Gasteiger partial charge in [0.05, 0.1) is 25.0 Å². The van der Waals surface area contributed by atoms with Crippen LogP contribution in [-0.4, -0.2) is 54.4 Å². The third kappa shape index (κ3) is 4.22. The van der Waals surface area contributed by atoms with Crippen molar-refractivity contribution in [3.63, 3.8) is 0 Å². The zero-order valence-electron chi connectivity index (χ0n) is 19.9. The third-order valence-corrected chi connectivity index (χ3v) is 7.36. The summed E-state index contributed by atoms with van der Waals surface area (Å²) in [4.78, 5) is 35.7. The van der Waals surface area contributed by atoms with Gasteiger partial charge in [-0.15, -0.1) is 0 Å². The number of likely N-dealkylation sites (tertiary alicyclic amines) is 1. The number of aromatic nitrogens is 2. The molecule has 5 rings (SSSR count). The van der Waals surface area contributed by atoms with Crippen molar-refractivity contribution in [1.29, 1.82) is 0 Å². The second-order valence-corrected chi connectivity index (χ2v) is 10.1. The maximum atomic E-state index is 13.6. The number of carbonyl (C=O) groups is 2. The van der Waals surface area contributed by atoms with Crippen LogP contribution < -0.4 is 10.8 Å². The van der Waals surface area contributed by atoms with Crippen LogP contribution in [0.5, 0.6) is 0 Å². The number of rotatable bonds is 5. The van der Waals surface area contributed by atoms with Crippen molar-refractivity contribution in [2.75, 3.05) is 13.7 Å². The highest BCUT2D eigenvalue weighted by atomic mass is 16.5. The quantitative estimate of drug-likeness (QED) is 0.576. The van der Waals surface area contributed by atoms with Gasteiger partial charge in [-0.05, 0) is 41.5 Å². The lowest BCUT2D eigenvalue weighted by Crippen LogP contribution is -2.96. The van der Waals surface area contributed by atoms with Crippen LogP contribution >= 0.6 is 0 Å². The van der Waals surface area contributed by atoms with Crippen LogP contribution in [0.3, 0.4) is 0 Å². The van der Waals surface area contributed by atoms with Crippen LogP contribution in [0.4, 0.5) is 4.79 Å². The molecule has 1 aliphatic carbocycles. The van der Waals surface area contributed by atoms with Gasteiger partial charge >= 0.3 is 6.09 Å². The van der Waals surface area contributed by atoms with E-state index in [1.54, 1.807) is 0 Å². The molecule has 1 aromatic heterocycles. The van der Waals surface area contributed by atoms with Gasteiger partial charge in [-0.25, -0.2) is 10.3 Å². The minimum absolute atomic E-state index is 0.0122. The van der Waals surface area contributed by atoms with E-state index in [-0.39, 0.29) is 23.3 Å². The molecule has 2 heterocycles. The predicted octanol–water partition coefficient (Wildman–Crippen LogP) is 2.43. The smallest absolute Gasteiger partial charge is 0.423 e. The van der Waals surface area contributed by atoms with E-state index in [9.17, 15) is 9.59 Å². The number of quaternary nitrogens is 1. The molecule has 2 fully saturated rings. The summed E-state index contributed by atoms with van der Waals surface area (Å²) >= 11 is 0. The predicted molar refractivity (Wildman–Crippen MR) is 131 cm³/mol. The van der Waals surface area contributed by atoms with Gasteiger partial charge in [-0.3, -0.25) is 4.79 Å². The van der Waals surface area contributed by atoms with E-state index in [0.29, 0.717) is 6.54 Å². The maximum absolute atomic E-state index is 13.6. The van der Waals surface area contributed by atoms with Crippen LogP contribution in [0.25, 0.3) is 22.0 Å². The number of aromatic amines is 1. The number of nitrogens with zero attached hydrogens (tertiary/aromatic N) is 2. The van der Waals surface area contributed by atoms with E-state index in [0.717, 1.165) is 52.6 Å². The second-order valence-electron chi connectivity index (χ2n) is 10.1. The highest BCUT2D eigenvalue weighted by molar-refractivity contribution is 6.33. The van der Waals surface area contributed by atoms with E-state index < -0.39 is 12.1 Å². The minimum Gasteiger partial charge on any atom is -0.423 e. The number of hydrogen-bond donors (Lipinski definition) is 2. The summed E-state index contributed by atoms with van der Waals surface area (Å²) in [6, 6.07) is 11.5. The Hall–Kier alpha value is -3.13. The van der Waals surface area contributed by atoms with E-state index >= 15 is 0 Å². The number of nitrogens with one attached hydrogen (secondary N) is 1. The first-order chi connectivity index (χ1) is 16.3. The first-order valence-electron chi connectivity index (χ1n) is 11.9. The minimum atomic E-state index is -0.522. The van der Waals surface area contributed by atoms with Gasteiger partial charge in [-0.1, -0.05) is 49.6 Å². The average Bonchev–Trinajstić information content (AvgIpc) is 3.23. The van der Waals surface area contributed by atoms with E-state index in [1.807, 2.05) is 43.1 Å². The Morgan fingerprint density at radius 2 is 1.94 bits per heavy atom. The van der Waals surface area contributed by atoms with Crippen molar-refractivity contribution in [2.45, 2.75) is 45.2 Å². The van der Waals surface area contributed by atoms with Gasteiger partial charge < -0.3 is 14.6 Å². The Kier molecular flexibility index (Phi) is 5.72. The molecule has 7 nitrogen and oxygen atoms in total. The molecule has 1 saturated carbocycles. The van der Waals surface area contributed by atoms with Gasteiger partial charge in [0, 0.05) is 18.0 Å². The summed E-state index contributed by atoms with van der Waals surface area (Å²) in [5.74, 6) is 0.752. The van der Waals surface area contributed by atoms with Crippen LogP contribution in [0, 0.1) is 11.3 Å². The fraction of sp³-hybridized carbons (Fsp3) is 0.423. The molecule has 0 bridgehead atoms. The molecule has 1 aliphatic heterocycles. The van der Waals surface area contributed by atoms with Crippen molar-refractivity contribution in [3.05, 3.63) is 48.4 Å². The summed E-state index contributed by atoms with van der Waals surface area (Å²) in [5, 5.41) is 3.61. The molecular weight excluding hydrogens is 427 g/mol. The number of imidazole rings is 1. The number of benzene rings is 2. The Morgan fingerprint density at radius 1 is 1.21 bits per heavy atom. The number of amides is 2. The maximum Gasteiger partial charge on any atom is 0.513 e. The van der Waals surface area contributed by atoms with Crippen molar-refractivity contribution < 1.29 is 19.6 Å². The van der Waals surface area contributed by atoms with Crippen LogP contribution in [0.2, 0.25) is 0 Å². The topological polar surface area (TPSA) is 91.9 Å². The molecule has 3 N–H and O–H groups in total. The molecule has 3 aromatic rings. The molecule has 2 aliphatic rings. The van der Waals surface area contributed by atoms with Gasteiger partial charge in [0.15, 0.2) is 6.04 Å². The molecule has 1 saturated heterocycles. The number of ether oxygens (including phenoxy) is 1. The Bertz CT molecular complexity index is 1250. The van der Waals surface area contributed by atoms with Crippen molar-refractivity contribution in [3.8, 4) is 11.3 Å². The van der Waals surface area contributed by atoms with Gasteiger partial charge in [0.25, 0.3) is 5.91 Å². The first kappa shape index (κ1) is 22.7. The van der Waals surface area contributed by atoms with Gasteiger partial charge in [0.2, 0.25) is 0 Å². The van der Waals surface area contributed by atoms with E-state index in [1.165, 1.54) is 12.4 Å². The lowest BCUT2D eigenvalue weighted by Gasteiger charge is -2.27. The summed E-state index contributed by atoms with van der Waals surface area (Å²) < 4.78 is 4.81. The van der Waals surface area contributed by atoms with Crippen molar-refractivity contribution in [1.82, 2.24) is 14.9 Å². The van der Waals surface area contributed by atoms with Crippen LogP contribution in [0.15, 0.2) is 42.6 Å². The molecule has 1 spiro atoms. The summed E-state index contributed by atoms with van der Waals surface area (Å²) in [7, 11) is 7.25. The fourth-order valence-corrected chi connectivity index (χ4v) is 5.11. The largest absolute Gasteiger partial charge is 0.513 e. The lowest BCUT2D eigenvalue weighted by molar-refractivity contribution is -0.601. The number of fused-ring (bicyclic) bond motifs is 1. The average molecular weight is 457 g/mol. The number of methoxy groups -OCH3 is 1. The molecule has 174 valence electrons. The van der Waals surface area contributed by atoms with Crippen molar-refractivity contribution in [2.24, 2.45) is 11.3 Å². The normalized spacial score (nSPS) is 19.6. The number of hydrogen-bond acceptors (Lipinski definition) is 4. The lowest BCUT2D eigenvalue weighted by atomic mass is 9.93. The van der Waals surface area contributed by atoms with Crippen LogP contribution in [0.1, 0.15) is 45.0 Å². The number of nitrogens with two attached hydrogens (primary N) is 1. The SMILES string of the molecule is [B]c1ccc2cc(-c3cnc(C4CC5(CC5)CN4C(=O)C([NH2+]C(=O)OC)C(C)C)[nH]3)ccc2c1. The standard InChI is InChI=1S/C26H29BN4O3/c1-15(2)22(30-25(33)34-3)24(32)31-14-26(8-9-26)12-21(31)23-28-13-20(29-23)18-5-4-17-11-19(27)7-6-16(17)10-18/h4-7,10-11,13,15,21-22H,8-9,12,14H2,1-3H3,(H,28,29)(H,30,33)/p+1. The fourth-order valence-electron chi connectivity index (χ4n) is 5.11. The zero-order chi connectivity index (χ0) is 24.0. The highest BCUT2D eigenvalue weighted by Crippen LogP contribution is 2.58. The van der Waals surface area contributed by atoms with E-state index in [2.05, 4.69) is 23.2 Å². The van der Waals surface area contributed by atoms with Gasteiger partial charge in [0.1, 0.15) is 13.7 Å². The Labute approximate surface area is 200 Å². The molecule has 34 heavy (non-hydrogen) atoms. The van der Waals surface area contributed by atoms with Gasteiger partial charge in [-0.2, -0.15) is 4.79 Å².